The second kappa shape index (κ2) is 13.1. The Morgan fingerprint density at radius 3 is 1.67 bits per heavy atom. The molecule has 11 aromatic rings. The molecule has 55 heavy (non-hydrogen) atoms. The third-order valence-electron chi connectivity index (χ3n) is 10.9. The zero-order valence-corrected chi connectivity index (χ0v) is 31.4. The minimum atomic E-state index is 1.12. The van der Waals surface area contributed by atoms with Crippen molar-refractivity contribution in [3.63, 3.8) is 0 Å². The van der Waals surface area contributed by atoms with Crippen LogP contribution in [-0.2, 0) is 0 Å². The molecule has 0 atom stereocenters. The van der Waals surface area contributed by atoms with Crippen molar-refractivity contribution in [2.75, 3.05) is 4.90 Å². The summed E-state index contributed by atoms with van der Waals surface area (Å²) in [5, 5.41) is 7.68. The maximum atomic E-state index is 2.46. The SMILES string of the molecule is c1ccc(-c2ccc3cc(N(c4ccc(-c5cccc6sc7ccccc7c56)cc4)c4ccc(-c5ccccc5)c5c4sc4ccccc45)ccc3c2)cc1. The van der Waals surface area contributed by atoms with Crippen molar-refractivity contribution in [3.8, 4) is 33.4 Å². The summed E-state index contributed by atoms with van der Waals surface area (Å²) in [7, 11) is 0. The molecular weight excluding hydrogens is 703 g/mol. The molecule has 2 aromatic heterocycles. The van der Waals surface area contributed by atoms with E-state index in [4.69, 9.17) is 0 Å². The number of hydrogen-bond acceptors (Lipinski definition) is 3. The first-order valence-corrected chi connectivity index (χ1v) is 20.3. The van der Waals surface area contributed by atoms with Gasteiger partial charge in [-0.25, -0.2) is 0 Å². The van der Waals surface area contributed by atoms with Crippen LogP contribution in [0.4, 0.5) is 17.1 Å². The molecule has 0 aliphatic heterocycles. The minimum absolute atomic E-state index is 1.12. The summed E-state index contributed by atoms with van der Waals surface area (Å²) >= 11 is 3.75. The van der Waals surface area contributed by atoms with E-state index >= 15 is 0 Å². The Bertz CT molecular complexity index is 3190. The lowest BCUT2D eigenvalue weighted by atomic mass is 9.97. The lowest BCUT2D eigenvalue weighted by Crippen LogP contribution is -2.10. The Morgan fingerprint density at radius 2 is 0.891 bits per heavy atom. The molecular formula is C52H33NS2. The van der Waals surface area contributed by atoms with E-state index in [2.05, 4.69) is 205 Å². The summed E-state index contributed by atoms with van der Waals surface area (Å²) < 4.78 is 5.22. The van der Waals surface area contributed by atoms with E-state index in [-0.39, 0.29) is 0 Å². The van der Waals surface area contributed by atoms with Gasteiger partial charge in [0.15, 0.2) is 0 Å². The van der Waals surface area contributed by atoms with Gasteiger partial charge in [-0.2, -0.15) is 0 Å². The van der Waals surface area contributed by atoms with Crippen LogP contribution >= 0.6 is 22.7 Å². The van der Waals surface area contributed by atoms with Crippen LogP contribution in [0.5, 0.6) is 0 Å². The standard InChI is InChI=1S/C52H33NS2/c1-3-12-34(13-4-1)37-22-23-39-33-41(29-26-38(39)32-37)53(40-27-24-36(25-28-40)42-18-11-21-49-50(42)44-16-7-9-19-47(44)54-49)46-31-30-43(35-14-5-2-6-15-35)51-45-17-8-10-20-48(45)55-52(46)51/h1-33H. The van der Waals surface area contributed by atoms with Crippen molar-refractivity contribution < 1.29 is 0 Å². The summed E-state index contributed by atoms with van der Waals surface area (Å²) in [4.78, 5) is 2.46. The Balaban J connectivity index is 1.11. The van der Waals surface area contributed by atoms with Gasteiger partial charge in [0.1, 0.15) is 0 Å². The van der Waals surface area contributed by atoms with Crippen molar-refractivity contribution in [2.45, 2.75) is 0 Å². The van der Waals surface area contributed by atoms with Gasteiger partial charge in [0.2, 0.25) is 0 Å². The molecule has 0 aliphatic rings. The zero-order chi connectivity index (χ0) is 36.3. The van der Waals surface area contributed by atoms with Crippen LogP contribution in [0.1, 0.15) is 0 Å². The fraction of sp³-hybridized carbons (Fsp3) is 0. The van der Waals surface area contributed by atoms with Gasteiger partial charge in [-0.15, -0.1) is 22.7 Å². The highest BCUT2D eigenvalue weighted by molar-refractivity contribution is 7.26. The van der Waals surface area contributed by atoms with Crippen LogP contribution < -0.4 is 4.90 Å². The molecule has 0 fully saturated rings. The molecule has 0 unspecified atom stereocenters. The van der Waals surface area contributed by atoms with E-state index in [1.807, 2.05) is 22.7 Å². The molecule has 1 nitrogen and oxygen atoms in total. The molecule has 9 aromatic carbocycles. The van der Waals surface area contributed by atoms with E-state index in [1.54, 1.807) is 0 Å². The van der Waals surface area contributed by atoms with Crippen LogP contribution in [0, 0.1) is 0 Å². The first-order chi connectivity index (χ1) is 27.3. The fourth-order valence-corrected chi connectivity index (χ4v) is 10.6. The van der Waals surface area contributed by atoms with Gasteiger partial charge < -0.3 is 4.90 Å². The number of benzene rings is 9. The molecule has 0 N–H and O–H groups in total. The van der Waals surface area contributed by atoms with Crippen molar-refractivity contribution in [1.82, 2.24) is 0 Å². The maximum absolute atomic E-state index is 2.46. The number of hydrogen-bond donors (Lipinski definition) is 0. The predicted octanol–water partition coefficient (Wildman–Crippen LogP) is 16.0. The van der Waals surface area contributed by atoms with Crippen molar-refractivity contribution in [3.05, 3.63) is 200 Å². The normalized spacial score (nSPS) is 11.6. The second-order valence-corrected chi connectivity index (χ2v) is 16.2. The van der Waals surface area contributed by atoms with Crippen LogP contribution in [0.3, 0.4) is 0 Å². The molecule has 0 radical (unpaired) electrons. The van der Waals surface area contributed by atoms with Crippen molar-refractivity contribution >= 4 is 90.9 Å². The van der Waals surface area contributed by atoms with E-state index in [1.165, 1.54) is 90.2 Å². The largest absolute Gasteiger partial charge is 0.309 e. The van der Waals surface area contributed by atoms with Gasteiger partial charge in [-0.05, 0) is 98.8 Å². The molecule has 11 rings (SSSR count). The minimum Gasteiger partial charge on any atom is -0.309 e. The van der Waals surface area contributed by atoms with Gasteiger partial charge in [0.05, 0.1) is 10.4 Å². The van der Waals surface area contributed by atoms with Gasteiger partial charge in [0.25, 0.3) is 0 Å². The van der Waals surface area contributed by atoms with Gasteiger partial charge >= 0.3 is 0 Å². The second-order valence-electron chi connectivity index (χ2n) is 14.1. The number of fused-ring (bicyclic) bond motifs is 7. The van der Waals surface area contributed by atoms with Crippen LogP contribution in [0.25, 0.3) is 84.5 Å². The van der Waals surface area contributed by atoms with Crippen LogP contribution in [0.15, 0.2) is 200 Å². The molecule has 2 heterocycles. The van der Waals surface area contributed by atoms with E-state index < -0.39 is 0 Å². The van der Waals surface area contributed by atoms with Gasteiger partial charge in [-0.3, -0.25) is 0 Å². The third-order valence-corrected chi connectivity index (χ3v) is 13.2. The highest BCUT2D eigenvalue weighted by Gasteiger charge is 2.21. The Kier molecular flexibility index (Phi) is 7.61. The number of thiophene rings is 2. The Labute approximate surface area is 327 Å². The molecule has 0 amide bonds. The average molecular weight is 736 g/mol. The lowest BCUT2D eigenvalue weighted by Gasteiger charge is -2.27. The van der Waals surface area contributed by atoms with Gasteiger partial charge in [-0.1, -0.05) is 146 Å². The molecule has 0 bridgehead atoms. The monoisotopic (exact) mass is 735 g/mol. The third kappa shape index (κ3) is 5.43. The average Bonchev–Trinajstić information content (AvgIpc) is 3.84. The fourth-order valence-electron chi connectivity index (χ4n) is 8.26. The highest BCUT2D eigenvalue weighted by atomic mass is 32.1. The van der Waals surface area contributed by atoms with E-state index in [0.29, 0.717) is 0 Å². The highest BCUT2D eigenvalue weighted by Crippen LogP contribution is 2.49. The van der Waals surface area contributed by atoms with Gasteiger partial charge in [0, 0.05) is 47.0 Å². The topological polar surface area (TPSA) is 3.24 Å². The maximum Gasteiger partial charge on any atom is 0.0640 e. The smallest absolute Gasteiger partial charge is 0.0640 e. The Morgan fingerprint density at radius 1 is 0.327 bits per heavy atom. The Hall–Kier alpha value is -6.52. The first kappa shape index (κ1) is 32.0. The molecule has 0 saturated carbocycles. The predicted molar refractivity (Wildman–Crippen MR) is 241 cm³/mol. The van der Waals surface area contributed by atoms with E-state index in [9.17, 15) is 0 Å². The summed E-state index contributed by atoms with van der Waals surface area (Å²) in [6.07, 6.45) is 0. The molecule has 258 valence electrons. The summed E-state index contributed by atoms with van der Waals surface area (Å²) in [6.45, 7) is 0. The first-order valence-electron chi connectivity index (χ1n) is 18.7. The molecule has 0 saturated heterocycles. The summed E-state index contributed by atoms with van der Waals surface area (Å²) in [5.41, 5.74) is 10.9. The number of nitrogens with zero attached hydrogens (tertiary/aromatic N) is 1. The zero-order valence-electron chi connectivity index (χ0n) is 29.8. The molecule has 0 spiro atoms. The molecule has 3 heteroatoms. The summed E-state index contributed by atoms with van der Waals surface area (Å²) in [6, 6.07) is 73.4. The van der Waals surface area contributed by atoms with Crippen LogP contribution in [0.2, 0.25) is 0 Å². The summed E-state index contributed by atoms with van der Waals surface area (Å²) in [5.74, 6) is 0. The number of anilines is 3. The lowest BCUT2D eigenvalue weighted by molar-refractivity contribution is 1.31. The van der Waals surface area contributed by atoms with Crippen LogP contribution in [-0.4, -0.2) is 0 Å². The molecule has 0 aliphatic carbocycles. The van der Waals surface area contributed by atoms with Crippen molar-refractivity contribution in [1.29, 1.82) is 0 Å². The quantitative estimate of drug-likeness (QED) is 0.164. The number of rotatable bonds is 6. The van der Waals surface area contributed by atoms with Crippen molar-refractivity contribution in [2.24, 2.45) is 0 Å². The van der Waals surface area contributed by atoms with E-state index in [0.717, 1.165) is 11.4 Å².